The Labute approximate surface area is 243 Å². The van der Waals surface area contributed by atoms with E-state index in [0.717, 1.165) is 17.7 Å². The number of nitrogens with zero attached hydrogens (tertiary/aromatic N) is 3. The number of aromatic hydroxyl groups is 1. The number of ether oxygens (including phenoxy) is 1. The lowest BCUT2D eigenvalue weighted by Gasteiger charge is -2.20. The number of hydrogen-bond donors (Lipinski definition) is 3. The number of amides is 2. The smallest absolute Gasteiger partial charge is 0.409 e. The van der Waals surface area contributed by atoms with Crippen LogP contribution in [0.4, 0.5) is 9.18 Å². The molecular weight excluding hydrogens is 541 g/mol. The second-order valence-corrected chi connectivity index (χ2v) is 9.42. The summed E-state index contributed by atoms with van der Waals surface area (Å²) in [5, 5.41) is 13.4. The van der Waals surface area contributed by atoms with Crippen molar-refractivity contribution in [2.75, 3.05) is 26.7 Å². The van der Waals surface area contributed by atoms with Gasteiger partial charge in [0.25, 0.3) is 11.5 Å². The number of rotatable bonds is 9. The second kappa shape index (κ2) is 15.3. The molecule has 2 amide bonds. The molecule has 0 bridgehead atoms. The molecule has 0 saturated heterocycles. The van der Waals surface area contributed by atoms with Gasteiger partial charge in [0.05, 0.1) is 5.52 Å². The number of halogens is 1. The highest BCUT2D eigenvalue weighted by atomic mass is 19.1. The molecule has 11 heteroatoms. The fourth-order valence-corrected chi connectivity index (χ4v) is 4.13. The van der Waals surface area contributed by atoms with Crippen molar-refractivity contribution < 1.29 is 23.8 Å². The van der Waals surface area contributed by atoms with E-state index in [-0.39, 0.29) is 37.6 Å². The zero-order valence-corrected chi connectivity index (χ0v) is 24.0. The van der Waals surface area contributed by atoms with Gasteiger partial charge in [-0.15, -0.1) is 0 Å². The second-order valence-electron chi connectivity index (χ2n) is 9.42. The van der Waals surface area contributed by atoms with E-state index >= 15 is 0 Å². The number of carbonyl (C=O) groups is 2. The molecule has 0 spiro atoms. The molecule has 2 heterocycles. The van der Waals surface area contributed by atoms with Crippen molar-refractivity contribution in [1.29, 1.82) is 0 Å². The maximum atomic E-state index is 13.5. The average molecular weight is 578 g/mol. The number of aromatic nitrogens is 2. The Bertz CT molecular complexity index is 1560. The van der Waals surface area contributed by atoms with Crippen LogP contribution in [0.5, 0.6) is 5.75 Å². The molecule has 0 aliphatic carbocycles. The fraction of sp³-hybridized carbons (Fsp3) is 0.290. The SMILES string of the molecule is CCN.CCNC(=O)c1c(O)c2ncc(Cc3ccc(F)cc3)cc2n(CCN(C)C(=O)OCc2ccccc2)c1=O. The van der Waals surface area contributed by atoms with E-state index in [1.54, 1.807) is 32.2 Å². The van der Waals surface area contributed by atoms with Crippen LogP contribution in [0, 0.1) is 5.82 Å². The van der Waals surface area contributed by atoms with Crippen molar-refractivity contribution in [2.45, 2.75) is 33.4 Å². The van der Waals surface area contributed by atoms with E-state index in [9.17, 15) is 23.9 Å². The number of hydrogen-bond acceptors (Lipinski definition) is 7. The molecular formula is C31H36FN5O5. The molecule has 222 valence electrons. The number of likely N-dealkylation sites (N-methyl/N-ethyl adjacent to an activating group) is 1. The summed E-state index contributed by atoms with van der Waals surface area (Å²) in [4.78, 5) is 44.4. The van der Waals surface area contributed by atoms with E-state index in [1.165, 1.54) is 27.8 Å². The first kappa shape index (κ1) is 31.8. The van der Waals surface area contributed by atoms with Gasteiger partial charge in [0.1, 0.15) is 23.5 Å². The first-order valence-electron chi connectivity index (χ1n) is 13.6. The first-order valence-corrected chi connectivity index (χ1v) is 13.6. The van der Waals surface area contributed by atoms with Crippen LogP contribution >= 0.6 is 0 Å². The number of fused-ring (bicyclic) bond motifs is 1. The maximum absolute atomic E-state index is 13.5. The Morgan fingerprint density at radius 2 is 1.74 bits per heavy atom. The lowest BCUT2D eigenvalue weighted by molar-refractivity contribution is 0.0948. The van der Waals surface area contributed by atoms with Crippen LogP contribution in [-0.2, 0) is 24.3 Å². The van der Waals surface area contributed by atoms with Crippen molar-refractivity contribution in [2.24, 2.45) is 5.73 Å². The predicted molar refractivity (Wildman–Crippen MR) is 159 cm³/mol. The zero-order chi connectivity index (χ0) is 30.6. The van der Waals surface area contributed by atoms with Crippen LogP contribution in [0.2, 0.25) is 0 Å². The molecule has 2 aromatic carbocycles. The monoisotopic (exact) mass is 577 g/mol. The van der Waals surface area contributed by atoms with Crippen LogP contribution in [0.1, 0.15) is 40.9 Å². The van der Waals surface area contributed by atoms with Gasteiger partial charge in [0.15, 0.2) is 5.75 Å². The highest BCUT2D eigenvalue weighted by Gasteiger charge is 2.23. The normalized spacial score (nSPS) is 10.5. The minimum absolute atomic E-state index is 0.0145. The van der Waals surface area contributed by atoms with Gasteiger partial charge >= 0.3 is 6.09 Å². The topological polar surface area (TPSA) is 140 Å². The number of nitrogens with two attached hydrogens (primary N) is 1. The lowest BCUT2D eigenvalue weighted by atomic mass is 10.1. The van der Waals surface area contributed by atoms with Gasteiger partial charge in [-0.25, -0.2) is 9.18 Å². The van der Waals surface area contributed by atoms with Gasteiger partial charge in [-0.1, -0.05) is 49.4 Å². The molecule has 0 aliphatic rings. The summed E-state index contributed by atoms with van der Waals surface area (Å²) in [6.45, 7) is 4.81. The highest BCUT2D eigenvalue weighted by Crippen LogP contribution is 2.26. The zero-order valence-electron chi connectivity index (χ0n) is 24.0. The highest BCUT2D eigenvalue weighted by molar-refractivity contribution is 6.01. The fourth-order valence-electron chi connectivity index (χ4n) is 4.13. The minimum atomic E-state index is -0.719. The molecule has 0 unspecified atom stereocenters. The van der Waals surface area contributed by atoms with Gasteiger partial charge in [-0.05, 0) is 54.8 Å². The van der Waals surface area contributed by atoms with Gasteiger partial charge in [-0.2, -0.15) is 0 Å². The van der Waals surface area contributed by atoms with Crippen molar-refractivity contribution >= 4 is 23.0 Å². The molecule has 4 N–H and O–H groups in total. The molecule has 42 heavy (non-hydrogen) atoms. The quantitative estimate of drug-likeness (QED) is 0.275. The summed E-state index contributed by atoms with van der Waals surface area (Å²) in [6, 6.07) is 17.0. The van der Waals surface area contributed by atoms with Gasteiger partial charge in [0.2, 0.25) is 0 Å². The molecule has 0 aliphatic heterocycles. The Hall–Kier alpha value is -4.77. The maximum Gasteiger partial charge on any atom is 0.409 e. The molecule has 0 radical (unpaired) electrons. The predicted octanol–water partition coefficient (Wildman–Crippen LogP) is 3.82. The Balaban J connectivity index is 0.00000155. The van der Waals surface area contributed by atoms with Crippen molar-refractivity contribution in [1.82, 2.24) is 19.8 Å². The third-order valence-electron chi connectivity index (χ3n) is 6.20. The van der Waals surface area contributed by atoms with Crippen LogP contribution in [0.15, 0.2) is 71.7 Å². The molecule has 4 aromatic rings. The first-order chi connectivity index (χ1) is 20.2. The van der Waals surface area contributed by atoms with E-state index in [2.05, 4.69) is 10.3 Å². The number of carbonyl (C=O) groups excluding carboxylic acids is 2. The van der Waals surface area contributed by atoms with E-state index in [0.29, 0.717) is 17.5 Å². The lowest BCUT2D eigenvalue weighted by Crippen LogP contribution is -2.37. The molecule has 2 aromatic heterocycles. The number of pyridine rings is 2. The summed E-state index contributed by atoms with van der Waals surface area (Å²) in [5.74, 6) is -1.58. The third kappa shape index (κ3) is 8.14. The van der Waals surface area contributed by atoms with Crippen molar-refractivity contribution in [3.63, 3.8) is 0 Å². The van der Waals surface area contributed by atoms with Gasteiger partial charge in [0, 0.05) is 32.9 Å². The molecule has 0 fully saturated rings. The van der Waals surface area contributed by atoms with Crippen LogP contribution < -0.4 is 16.6 Å². The molecule has 0 atom stereocenters. The Morgan fingerprint density at radius 1 is 1.07 bits per heavy atom. The molecule has 4 rings (SSSR count). The third-order valence-corrected chi connectivity index (χ3v) is 6.20. The minimum Gasteiger partial charge on any atom is -0.505 e. The molecule has 0 saturated carbocycles. The summed E-state index contributed by atoms with van der Waals surface area (Å²) in [7, 11) is 1.55. The van der Waals surface area contributed by atoms with Crippen LogP contribution in [-0.4, -0.2) is 58.2 Å². The van der Waals surface area contributed by atoms with E-state index in [4.69, 9.17) is 10.5 Å². The van der Waals surface area contributed by atoms with E-state index < -0.39 is 28.9 Å². The van der Waals surface area contributed by atoms with E-state index in [1.807, 2.05) is 37.3 Å². The van der Waals surface area contributed by atoms with Crippen molar-refractivity contribution in [3.8, 4) is 5.75 Å². The number of benzene rings is 2. The summed E-state index contributed by atoms with van der Waals surface area (Å²) < 4.78 is 20.0. The van der Waals surface area contributed by atoms with Gasteiger partial charge < -0.3 is 30.4 Å². The number of nitrogens with one attached hydrogen (secondary N) is 1. The molecule has 10 nitrogen and oxygen atoms in total. The van der Waals surface area contributed by atoms with Crippen molar-refractivity contribution in [3.05, 3.63) is 105 Å². The Kier molecular flexibility index (Phi) is 11.6. The van der Waals surface area contributed by atoms with Crippen LogP contribution in [0.3, 0.4) is 0 Å². The summed E-state index contributed by atoms with van der Waals surface area (Å²) >= 11 is 0. The largest absolute Gasteiger partial charge is 0.505 e. The standard InChI is InChI=1S/C29H29FN4O5.C2H7N/c1-3-31-27(36)24-26(35)25-23(16-21(17-32-25)15-19-9-11-22(30)12-10-19)34(28(24)37)14-13-33(2)29(38)39-18-20-7-5-4-6-8-20;1-2-3/h4-12,16-17,35H,3,13-15,18H2,1-2H3,(H,31,36);2-3H2,1H3. The summed E-state index contributed by atoms with van der Waals surface area (Å²) in [5.41, 5.74) is 6.48. The van der Waals surface area contributed by atoms with Gasteiger partial charge in [-0.3, -0.25) is 14.6 Å². The average Bonchev–Trinajstić information content (AvgIpc) is 2.98. The summed E-state index contributed by atoms with van der Waals surface area (Å²) in [6.07, 6.45) is 1.37. The van der Waals surface area contributed by atoms with Crippen LogP contribution in [0.25, 0.3) is 11.0 Å². The Morgan fingerprint density at radius 3 is 2.38 bits per heavy atom.